The van der Waals surface area contributed by atoms with Gasteiger partial charge in [-0.15, -0.1) is 21.8 Å². The second-order valence-corrected chi connectivity index (χ2v) is 5.30. The minimum absolute atomic E-state index is 0.640. The number of aryl methyl sites for hydroxylation is 1. The monoisotopic (exact) mass is 298 g/mol. The molecule has 0 spiro atoms. The molecule has 4 nitrogen and oxygen atoms in total. The number of aromatic nitrogens is 2. The first kappa shape index (κ1) is 14.1. The summed E-state index contributed by atoms with van der Waals surface area (Å²) < 4.78 is 10.5. The number of rotatable bonds is 6. The Bertz CT molecular complexity index is 545. The average Bonchev–Trinajstić information content (AvgIpc) is 2.92. The minimum atomic E-state index is 0.640. The molecular formula is C13H15ClN2O2S. The third-order valence-corrected chi connectivity index (χ3v) is 3.91. The van der Waals surface area contributed by atoms with E-state index in [2.05, 4.69) is 10.2 Å². The van der Waals surface area contributed by atoms with Crippen molar-refractivity contribution in [3.63, 3.8) is 0 Å². The van der Waals surface area contributed by atoms with Crippen molar-refractivity contribution in [1.29, 1.82) is 0 Å². The van der Waals surface area contributed by atoms with Crippen LogP contribution in [0.15, 0.2) is 18.2 Å². The van der Waals surface area contributed by atoms with Gasteiger partial charge in [0.25, 0.3) is 0 Å². The van der Waals surface area contributed by atoms with Gasteiger partial charge in [0.1, 0.15) is 16.5 Å². The molecule has 0 radical (unpaired) electrons. The molecular weight excluding hydrogens is 284 g/mol. The van der Waals surface area contributed by atoms with E-state index in [0.29, 0.717) is 5.88 Å². The van der Waals surface area contributed by atoms with Crippen LogP contribution in [0, 0.1) is 0 Å². The minimum Gasteiger partial charge on any atom is -0.497 e. The molecule has 2 rings (SSSR count). The van der Waals surface area contributed by atoms with E-state index in [9.17, 15) is 0 Å². The molecule has 0 saturated heterocycles. The molecule has 0 N–H and O–H groups in total. The Hall–Kier alpha value is -1.33. The fourth-order valence-corrected chi connectivity index (χ4v) is 2.70. The predicted octanol–water partition coefficient (Wildman–Crippen LogP) is 3.39. The van der Waals surface area contributed by atoms with Crippen LogP contribution >= 0.6 is 22.9 Å². The molecule has 0 aliphatic rings. The molecule has 0 aliphatic heterocycles. The quantitative estimate of drug-likeness (QED) is 0.767. The van der Waals surface area contributed by atoms with Crippen molar-refractivity contribution in [1.82, 2.24) is 10.2 Å². The molecule has 19 heavy (non-hydrogen) atoms. The van der Waals surface area contributed by atoms with Crippen LogP contribution < -0.4 is 9.47 Å². The Kier molecular flexibility index (Phi) is 4.99. The first-order chi connectivity index (χ1) is 9.28. The van der Waals surface area contributed by atoms with E-state index < -0.39 is 0 Å². The van der Waals surface area contributed by atoms with Gasteiger partial charge in [0.15, 0.2) is 5.01 Å². The summed E-state index contributed by atoms with van der Waals surface area (Å²) in [6.07, 6.45) is 1.77. The summed E-state index contributed by atoms with van der Waals surface area (Å²) in [5, 5.41) is 10.2. The third kappa shape index (κ3) is 3.36. The maximum absolute atomic E-state index is 5.68. The maximum Gasteiger partial charge on any atom is 0.151 e. The summed E-state index contributed by atoms with van der Waals surface area (Å²) in [6.45, 7) is 0. The summed E-state index contributed by atoms with van der Waals surface area (Å²) in [7, 11) is 3.26. The SMILES string of the molecule is COc1ccc(-c2nnc(CCCCl)s2)c(OC)c1. The van der Waals surface area contributed by atoms with Gasteiger partial charge in [-0.3, -0.25) is 0 Å². The van der Waals surface area contributed by atoms with E-state index in [1.807, 2.05) is 18.2 Å². The van der Waals surface area contributed by atoms with Gasteiger partial charge < -0.3 is 9.47 Å². The molecule has 0 bridgehead atoms. The Labute approximate surface area is 121 Å². The molecule has 1 aromatic heterocycles. The van der Waals surface area contributed by atoms with E-state index in [0.717, 1.165) is 39.9 Å². The predicted molar refractivity (Wildman–Crippen MR) is 77.5 cm³/mol. The normalized spacial score (nSPS) is 10.5. The lowest BCUT2D eigenvalue weighted by Gasteiger charge is -2.07. The van der Waals surface area contributed by atoms with Crippen LogP contribution in [0.25, 0.3) is 10.6 Å². The Morgan fingerprint density at radius 1 is 1.21 bits per heavy atom. The molecule has 0 aliphatic carbocycles. The van der Waals surface area contributed by atoms with Gasteiger partial charge in [-0.1, -0.05) is 11.3 Å². The molecule has 0 unspecified atom stereocenters. The Morgan fingerprint density at radius 3 is 2.74 bits per heavy atom. The topological polar surface area (TPSA) is 44.2 Å². The van der Waals surface area contributed by atoms with Crippen LogP contribution in [0.5, 0.6) is 11.5 Å². The molecule has 6 heteroatoms. The first-order valence-electron chi connectivity index (χ1n) is 5.89. The highest BCUT2D eigenvalue weighted by Crippen LogP contribution is 2.34. The van der Waals surface area contributed by atoms with Gasteiger partial charge in [0.2, 0.25) is 0 Å². The van der Waals surface area contributed by atoms with Crippen LogP contribution in [0.4, 0.5) is 0 Å². The second-order valence-electron chi connectivity index (χ2n) is 3.86. The zero-order chi connectivity index (χ0) is 13.7. The number of ether oxygens (including phenoxy) is 2. The molecule has 1 aromatic carbocycles. The average molecular weight is 299 g/mol. The zero-order valence-corrected chi connectivity index (χ0v) is 12.4. The lowest BCUT2D eigenvalue weighted by molar-refractivity contribution is 0.395. The molecule has 0 amide bonds. The van der Waals surface area contributed by atoms with Gasteiger partial charge in [0, 0.05) is 18.4 Å². The first-order valence-corrected chi connectivity index (χ1v) is 7.24. The number of benzene rings is 1. The number of methoxy groups -OCH3 is 2. The number of alkyl halides is 1. The van der Waals surface area contributed by atoms with Gasteiger partial charge in [-0.05, 0) is 18.6 Å². The lowest BCUT2D eigenvalue weighted by Crippen LogP contribution is -1.90. The van der Waals surface area contributed by atoms with Crippen LogP contribution in [0.2, 0.25) is 0 Å². The summed E-state index contributed by atoms with van der Waals surface area (Å²) in [4.78, 5) is 0. The van der Waals surface area contributed by atoms with E-state index in [1.165, 1.54) is 0 Å². The van der Waals surface area contributed by atoms with Gasteiger partial charge >= 0.3 is 0 Å². The van der Waals surface area contributed by atoms with Gasteiger partial charge in [-0.25, -0.2) is 0 Å². The summed E-state index contributed by atoms with van der Waals surface area (Å²) in [5.41, 5.74) is 0.929. The largest absolute Gasteiger partial charge is 0.497 e. The van der Waals surface area contributed by atoms with Crippen molar-refractivity contribution in [3.05, 3.63) is 23.2 Å². The van der Waals surface area contributed by atoms with Crippen molar-refractivity contribution in [2.45, 2.75) is 12.8 Å². The molecule has 0 atom stereocenters. The van der Waals surface area contributed by atoms with Crippen molar-refractivity contribution < 1.29 is 9.47 Å². The highest BCUT2D eigenvalue weighted by Gasteiger charge is 2.12. The van der Waals surface area contributed by atoms with E-state index in [4.69, 9.17) is 21.1 Å². The fraction of sp³-hybridized carbons (Fsp3) is 0.385. The lowest BCUT2D eigenvalue weighted by atomic mass is 10.2. The van der Waals surface area contributed by atoms with Crippen molar-refractivity contribution in [2.75, 3.05) is 20.1 Å². The maximum atomic E-state index is 5.68. The standard InChI is InChI=1S/C13H15ClN2O2S/c1-17-9-5-6-10(11(8-9)18-2)13-16-15-12(19-13)4-3-7-14/h5-6,8H,3-4,7H2,1-2H3. The summed E-state index contributed by atoms with van der Waals surface area (Å²) in [5.74, 6) is 2.13. The summed E-state index contributed by atoms with van der Waals surface area (Å²) >= 11 is 7.25. The number of hydrogen-bond donors (Lipinski definition) is 0. The van der Waals surface area contributed by atoms with Crippen LogP contribution in [0.3, 0.4) is 0 Å². The Morgan fingerprint density at radius 2 is 2.05 bits per heavy atom. The van der Waals surface area contributed by atoms with Crippen molar-refractivity contribution in [3.8, 4) is 22.1 Å². The molecule has 0 saturated carbocycles. The van der Waals surface area contributed by atoms with Crippen LogP contribution in [-0.4, -0.2) is 30.3 Å². The van der Waals surface area contributed by atoms with Gasteiger partial charge in [0.05, 0.1) is 19.8 Å². The number of hydrogen-bond acceptors (Lipinski definition) is 5. The highest BCUT2D eigenvalue weighted by atomic mass is 35.5. The van der Waals surface area contributed by atoms with Crippen molar-refractivity contribution >= 4 is 22.9 Å². The van der Waals surface area contributed by atoms with Crippen LogP contribution in [0.1, 0.15) is 11.4 Å². The van der Waals surface area contributed by atoms with E-state index >= 15 is 0 Å². The van der Waals surface area contributed by atoms with Gasteiger partial charge in [-0.2, -0.15) is 0 Å². The van der Waals surface area contributed by atoms with Crippen molar-refractivity contribution in [2.24, 2.45) is 0 Å². The smallest absolute Gasteiger partial charge is 0.151 e. The van der Waals surface area contributed by atoms with E-state index in [-0.39, 0.29) is 0 Å². The molecule has 2 aromatic rings. The van der Waals surface area contributed by atoms with E-state index in [1.54, 1.807) is 25.6 Å². The number of nitrogens with zero attached hydrogens (tertiary/aromatic N) is 2. The molecule has 102 valence electrons. The zero-order valence-electron chi connectivity index (χ0n) is 10.9. The van der Waals surface area contributed by atoms with Crippen LogP contribution in [-0.2, 0) is 6.42 Å². The molecule has 1 heterocycles. The Balaban J connectivity index is 2.27. The summed E-state index contributed by atoms with van der Waals surface area (Å²) in [6, 6.07) is 5.66. The number of halogens is 1. The second kappa shape index (κ2) is 6.73. The fourth-order valence-electron chi connectivity index (χ4n) is 1.66. The highest BCUT2D eigenvalue weighted by molar-refractivity contribution is 7.14. The third-order valence-electron chi connectivity index (χ3n) is 2.63. The molecule has 0 fully saturated rings.